The van der Waals surface area contributed by atoms with Gasteiger partial charge in [-0.15, -0.1) is 0 Å². The van der Waals surface area contributed by atoms with Crippen LogP contribution in [0.25, 0.3) is 0 Å². The summed E-state index contributed by atoms with van der Waals surface area (Å²) in [6, 6.07) is 3.45. The van der Waals surface area contributed by atoms with Crippen molar-refractivity contribution < 1.29 is 18.5 Å². The fraction of sp³-hybridized carbons (Fsp3) is 0.611. The van der Waals surface area contributed by atoms with Crippen molar-refractivity contribution in [1.82, 2.24) is 4.72 Å². The van der Waals surface area contributed by atoms with Crippen molar-refractivity contribution in [3.63, 3.8) is 0 Å². The zero-order valence-electron chi connectivity index (χ0n) is 14.9. The number of ether oxygens (including phenoxy) is 2. The highest BCUT2D eigenvalue weighted by Crippen LogP contribution is 2.23. The molecular formula is C18H27NO4S. The molecule has 0 saturated carbocycles. The number of rotatable bonds is 6. The lowest BCUT2D eigenvalue weighted by atomic mass is 9.92. The minimum atomic E-state index is -1.46. The first-order chi connectivity index (χ1) is 11.4. The molecule has 0 bridgehead atoms. The lowest BCUT2D eigenvalue weighted by Crippen LogP contribution is -2.46. The van der Waals surface area contributed by atoms with Gasteiger partial charge in [-0.25, -0.2) is 8.93 Å². The molecule has 24 heavy (non-hydrogen) atoms. The lowest BCUT2D eigenvalue weighted by Gasteiger charge is -2.29. The Hall–Kier alpha value is -1.24. The Morgan fingerprint density at radius 3 is 2.42 bits per heavy atom. The zero-order chi connectivity index (χ0) is 17.7. The number of hydrogen-bond donors (Lipinski definition) is 1. The molecule has 1 aromatic rings. The molecular weight excluding hydrogens is 326 g/mol. The van der Waals surface area contributed by atoms with Gasteiger partial charge < -0.3 is 9.47 Å². The minimum Gasteiger partial charge on any atom is -0.465 e. The van der Waals surface area contributed by atoms with Crippen molar-refractivity contribution in [3.05, 3.63) is 28.8 Å². The van der Waals surface area contributed by atoms with E-state index in [1.165, 1.54) is 0 Å². The number of nitrogens with one attached hydrogen (secondary N) is 1. The monoisotopic (exact) mass is 353 g/mol. The smallest absolute Gasteiger partial charge is 0.324 e. The molecule has 1 heterocycles. The first-order valence-electron chi connectivity index (χ1n) is 8.44. The van der Waals surface area contributed by atoms with Gasteiger partial charge in [0.05, 0.1) is 11.5 Å². The summed E-state index contributed by atoms with van der Waals surface area (Å²) in [7, 11) is -1.46. The Morgan fingerprint density at radius 2 is 1.88 bits per heavy atom. The van der Waals surface area contributed by atoms with E-state index < -0.39 is 17.0 Å². The van der Waals surface area contributed by atoms with E-state index in [2.05, 4.69) is 4.72 Å². The molecule has 0 spiro atoms. The van der Waals surface area contributed by atoms with Gasteiger partial charge in [0.25, 0.3) is 0 Å². The molecule has 1 aliphatic rings. The second kappa shape index (κ2) is 8.74. The topological polar surface area (TPSA) is 64.6 Å². The van der Waals surface area contributed by atoms with Crippen molar-refractivity contribution >= 4 is 17.0 Å². The molecule has 1 aromatic carbocycles. The lowest BCUT2D eigenvalue weighted by molar-refractivity contribution is -0.147. The summed E-state index contributed by atoms with van der Waals surface area (Å²) in [6.45, 7) is 9.25. The number of hydrogen-bond acceptors (Lipinski definition) is 4. The van der Waals surface area contributed by atoms with Gasteiger partial charge in [-0.3, -0.25) is 4.79 Å². The van der Waals surface area contributed by atoms with Gasteiger partial charge in [-0.05, 0) is 57.6 Å². The van der Waals surface area contributed by atoms with Gasteiger partial charge in [0.2, 0.25) is 0 Å². The maximum atomic E-state index is 12.9. The van der Waals surface area contributed by atoms with E-state index >= 15 is 0 Å². The number of aryl methyl sites for hydroxylation is 3. The Kier molecular flexibility index (Phi) is 6.95. The molecule has 0 unspecified atom stereocenters. The summed E-state index contributed by atoms with van der Waals surface area (Å²) in [4.78, 5) is 13.1. The standard InChI is InChI=1S/C18H27NO4S/c1-5-23-18(20)16(15-6-8-22-9-7-15)19-24(21)17-13(3)10-12(2)11-14(17)4/h10-11,15-16,19H,5-9H2,1-4H3/t16-,24-/m0/s1. The third kappa shape index (κ3) is 4.65. The predicted molar refractivity (Wildman–Crippen MR) is 94.2 cm³/mol. The summed E-state index contributed by atoms with van der Waals surface area (Å²) >= 11 is 0. The fourth-order valence-corrected chi connectivity index (χ4v) is 4.59. The normalized spacial score (nSPS) is 18.2. The SMILES string of the molecule is CCOC(=O)[C@@H](N[S@@](=O)c1c(C)cc(C)cc1C)C1CCOCC1. The van der Waals surface area contributed by atoms with E-state index in [9.17, 15) is 9.00 Å². The van der Waals surface area contributed by atoms with E-state index in [0.29, 0.717) is 19.8 Å². The molecule has 1 saturated heterocycles. The molecule has 2 rings (SSSR count). The third-order valence-electron chi connectivity index (χ3n) is 4.30. The average Bonchev–Trinajstić information content (AvgIpc) is 2.52. The molecule has 0 aromatic heterocycles. The average molecular weight is 353 g/mol. The van der Waals surface area contributed by atoms with Crippen LogP contribution in [0.1, 0.15) is 36.5 Å². The largest absolute Gasteiger partial charge is 0.465 e. The number of benzene rings is 1. The van der Waals surface area contributed by atoms with Crippen molar-refractivity contribution in [3.8, 4) is 0 Å². The first kappa shape index (κ1) is 19.1. The van der Waals surface area contributed by atoms with E-state index in [1.807, 2.05) is 32.9 Å². The third-order valence-corrected chi connectivity index (χ3v) is 5.78. The molecule has 134 valence electrons. The van der Waals surface area contributed by atoms with Crippen LogP contribution in [-0.4, -0.2) is 36.0 Å². The van der Waals surface area contributed by atoms with Gasteiger partial charge in [-0.1, -0.05) is 17.7 Å². The van der Waals surface area contributed by atoms with Crippen LogP contribution in [0.4, 0.5) is 0 Å². The van der Waals surface area contributed by atoms with Crippen molar-refractivity contribution in [2.45, 2.75) is 51.5 Å². The highest BCUT2D eigenvalue weighted by atomic mass is 32.2. The summed E-state index contributed by atoms with van der Waals surface area (Å²) < 4.78 is 26.5. The van der Waals surface area contributed by atoms with Crippen molar-refractivity contribution in [2.75, 3.05) is 19.8 Å². The maximum absolute atomic E-state index is 12.9. The number of esters is 1. The van der Waals surface area contributed by atoms with E-state index in [4.69, 9.17) is 9.47 Å². The Morgan fingerprint density at radius 1 is 1.29 bits per heavy atom. The van der Waals surface area contributed by atoms with Gasteiger partial charge >= 0.3 is 5.97 Å². The van der Waals surface area contributed by atoms with Crippen LogP contribution in [0.2, 0.25) is 0 Å². The number of carbonyl (C=O) groups is 1. The van der Waals surface area contributed by atoms with Crippen LogP contribution >= 0.6 is 0 Å². The van der Waals surface area contributed by atoms with Crippen LogP contribution in [-0.2, 0) is 25.3 Å². The Labute approximate surface area is 146 Å². The quantitative estimate of drug-likeness (QED) is 0.799. The summed E-state index contributed by atoms with van der Waals surface area (Å²) in [5.41, 5.74) is 3.07. The molecule has 2 atom stereocenters. The minimum absolute atomic E-state index is 0.0767. The molecule has 1 aliphatic heterocycles. The molecule has 0 radical (unpaired) electrons. The Balaban J connectivity index is 2.22. The van der Waals surface area contributed by atoms with Crippen LogP contribution in [0.3, 0.4) is 0 Å². The van der Waals surface area contributed by atoms with Crippen molar-refractivity contribution in [1.29, 1.82) is 0 Å². The van der Waals surface area contributed by atoms with Gasteiger partial charge in [0.15, 0.2) is 0 Å². The summed E-state index contributed by atoms with van der Waals surface area (Å²) in [6.07, 6.45) is 1.53. The second-order valence-corrected chi connectivity index (χ2v) is 7.48. The predicted octanol–water partition coefficient (Wildman–Crippen LogP) is 2.58. The Bertz CT molecular complexity index is 588. The van der Waals surface area contributed by atoms with E-state index in [1.54, 1.807) is 6.92 Å². The van der Waals surface area contributed by atoms with Crippen molar-refractivity contribution in [2.24, 2.45) is 5.92 Å². The second-order valence-electron chi connectivity index (χ2n) is 6.29. The van der Waals surface area contributed by atoms with Crippen LogP contribution in [0.5, 0.6) is 0 Å². The van der Waals surface area contributed by atoms with Crippen LogP contribution in [0, 0.1) is 26.7 Å². The van der Waals surface area contributed by atoms with Crippen LogP contribution < -0.4 is 4.72 Å². The molecule has 6 heteroatoms. The number of carbonyl (C=O) groups excluding carboxylic acids is 1. The van der Waals surface area contributed by atoms with Gasteiger partial charge in [-0.2, -0.15) is 0 Å². The van der Waals surface area contributed by atoms with E-state index in [-0.39, 0.29) is 11.9 Å². The highest BCUT2D eigenvalue weighted by Gasteiger charge is 2.33. The van der Waals surface area contributed by atoms with Crippen LogP contribution in [0.15, 0.2) is 17.0 Å². The first-order valence-corrected chi connectivity index (χ1v) is 9.59. The van der Waals surface area contributed by atoms with Gasteiger partial charge in [0.1, 0.15) is 17.0 Å². The maximum Gasteiger partial charge on any atom is 0.324 e. The van der Waals surface area contributed by atoms with Gasteiger partial charge in [0, 0.05) is 13.2 Å². The van der Waals surface area contributed by atoms with E-state index in [0.717, 1.165) is 34.4 Å². The fourth-order valence-electron chi connectivity index (χ4n) is 3.25. The summed E-state index contributed by atoms with van der Waals surface area (Å²) in [5.74, 6) is -0.257. The summed E-state index contributed by atoms with van der Waals surface area (Å²) in [5, 5.41) is 0. The molecule has 0 aliphatic carbocycles. The molecule has 0 amide bonds. The molecule has 1 fully saturated rings. The molecule has 1 N–H and O–H groups in total. The highest BCUT2D eigenvalue weighted by molar-refractivity contribution is 7.83. The molecule has 5 nitrogen and oxygen atoms in total. The zero-order valence-corrected chi connectivity index (χ0v) is 15.7.